The van der Waals surface area contributed by atoms with Crippen LogP contribution >= 0.6 is 0 Å². The minimum atomic E-state index is -1.54. The Kier molecular flexibility index (Phi) is 3.80. The highest BCUT2D eigenvalue weighted by Crippen LogP contribution is 2.22. The average Bonchev–Trinajstić information content (AvgIpc) is 2.36. The Morgan fingerprint density at radius 3 is 2.42 bits per heavy atom. The molecule has 1 aliphatic rings. The molecule has 1 atom stereocenters. The van der Waals surface area contributed by atoms with Gasteiger partial charge >= 0.3 is 0 Å². The van der Waals surface area contributed by atoms with Crippen LogP contribution in [-0.2, 0) is 4.79 Å². The summed E-state index contributed by atoms with van der Waals surface area (Å²) in [6.07, 6.45) is 2.54. The largest absolute Gasteiger partial charge is 0.324 e. The summed E-state index contributed by atoms with van der Waals surface area (Å²) in [5, 5.41) is 5.50. The highest BCUT2D eigenvalue weighted by atomic mass is 19.2. The molecule has 1 aromatic carbocycles. The fraction of sp³-hybridized carbons (Fsp3) is 0.462. The molecule has 1 heterocycles. The summed E-state index contributed by atoms with van der Waals surface area (Å²) >= 11 is 0. The lowest BCUT2D eigenvalue weighted by Crippen LogP contribution is -2.54. The van der Waals surface area contributed by atoms with E-state index in [1.54, 1.807) is 6.92 Å². The molecule has 1 fully saturated rings. The lowest BCUT2D eigenvalue weighted by Gasteiger charge is -2.33. The number of carbonyl (C=O) groups excluding carboxylic acids is 1. The molecule has 0 aromatic heterocycles. The number of nitrogens with one attached hydrogen (secondary N) is 2. The number of carbonyl (C=O) groups is 1. The summed E-state index contributed by atoms with van der Waals surface area (Å²) in [5.74, 6) is -4.56. The first-order valence-corrected chi connectivity index (χ1v) is 6.13. The Hall–Kier alpha value is -1.56. The van der Waals surface area contributed by atoms with Gasteiger partial charge in [-0.1, -0.05) is 0 Å². The first-order valence-electron chi connectivity index (χ1n) is 6.13. The van der Waals surface area contributed by atoms with E-state index in [1.807, 2.05) is 0 Å². The van der Waals surface area contributed by atoms with E-state index in [0.29, 0.717) is 6.42 Å². The van der Waals surface area contributed by atoms with Crippen LogP contribution in [0, 0.1) is 17.5 Å². The first kappa shape index (κ1) is 13.9. The standard InChI is InChI=1S/C13H15F3N2O/c1-13(4-2-3-5-17-13)12(19)18-8-6-9(14)11(16)10(15)7-8/h6-7,17H,2-5H2,1H3,(H,18,19). The maximum atomic E-state index is 13.0. The van der Waals surface area contributed by atoms with Crippen LogP contribution in [0.2, 0.25) is 0 Å². The van der Waals surface area contributed by atoms with Crippen molar-refractivity contribution in [3.05, 3.63) is 29.6 Å². The van der Waals surface area contributed by atoms with Crippen LogP contribution in [0.5, 0.6) is 0 Å². The summed E-state index contributed by atoms with van der Waals surface area (Å²) in [6, 6.07) is 1.53. The third kappa shape index (κ3) is 2.89. The smallest absolute Gasteiger partial charge is 0.244 e. The van der Waals surface area contributed by atoms with Gasteiger partial charge < -0.3 is 10.6 Å². The van der Waals surface area contributed by atoms with Gasteiger partial charge in [-0.2, -0.15) is 0 Å². The normalized spacial score (nSPS) is 23.2. The molecule has 1 amide bonds. The summed E-state index contributed by atoms with van der Waals surface area (Å²) < 4.78 is 38.9. The Labute approximate surface area is 109 Å². The molecular formula is C13H15F3N2O. The van der Waals surface area contributed by atoms with Gasteiger partial charge in [-0.3, -0.25) is 4.79 Å². The van der Waals surface area contributed by atoms with Gasteiger partial charge in [-0.05, 0) is 32.7 Å². The van der Waals surface area contributed by atoms with Gasteiger partial charge in [0.1, 0.15) is 0 Å². The quantitative estimate of drug-likeness (QED) is 0.812. The summed E-state index contributed by atoms with van der Waals surface area (Å²) in [7, 11) is 0. The predicted molar refractivity (Wildman–Crippen MR) is 65.2 cm³/mol. The topological polar surface area (TPSA) is 41.1 Å². The molecule has 0 aliphatic carbocycles. The molecule has 0 saturated carbocycles. The maximum absolute atomic E-state index is 13.0. The van der Waals surface area contributed by atoms with E-state index in [0.717, 1.165) is 31.5 Å². The molecule has 104 valence electrons. The number of hydrogen-bond donors (Lipinski definition) is 2. The van der Waals surface area contributed by atoms with Crippen molar-refractivity contribution in [2.75, 3.05) is 11.9 Å². The Morgan fingerprint density at radius 2 is 1.89 bits per heavy atom. The molecule has 0 spiro atoms. The monoisotopic (exact) mass is 272 g/mol. The van der Waals surface area contributed by atoms with Crippen LogP contribution in [0.25, 0.3) is 0 Å². The Bertz CT molecular complexity index is 476. The molecule has 0 radical (unpaired) electrons. The summed E-state index contributed by atoms with van der Waals surface area (Å²) in [6.45, 7) is 2.45. The van der Waals surface area contributed by atoms with Gasteiger partial charge in [-0.15, -0.1) is 0 Å². The molecule has 1 unspecified atom stereocenters. The van der Waals surface area contributed by atoms with Crippen molar-refractivity contribution in [3.8, 4) is 0 Å². The fourth-order valence-corrected chi connectivity index (χ4v) is 2.15. The van der Waals surface area contributed by atoms with Crippen molar-refractivity contribution < 1.29 is 18.0 Å². The van der Waals surface area contributed by atoms with Crippen molar-refractivity contribution in [2.24, 2.45) is 0 Å². The van der Waals surface area contributed by atoms with Crippen molar-refractivity contribution >= 4 is 11.6 Å². The number of hydrogen-bond acceptors (Lipinski definition) is 2. The lowest BCUT2D eigenvalue weighted by atomic mass is 9.90. The molecule has 1 aromatic rings. The van der Waals surface area contributed by atoms with Gasteiger partial charge in [0.2, 0.25) is 5.91 Å². The van der Waals surface area contributed by atoms with Crippen LogP contribution in [0.15, 0.2) is 12.1 Å². The van der Waals surface area contributed by atoms with Crippen molar-refractivity contribution in [3.63, 3.8) is 0 Å². The SMILES string of the molecule is CC1(C(=O)Nc2cc(F)c(F)c(F)c2)CCCCN1. The maximum Gasteiger partial charge on any atom is 0.244 e. The first-order chi connectivity index (χ1) is 8.92. The Morgan fingerprint density at radius 1 is 1.26 bits per heavy atom. The molecule has 2 rings (SSSR count). The number of rotatable bonds is 2. The molecule has 2 N–H and O–H groups in total. The second kappa shape index (κ2) is 5.21. The molecule has 3 nitrogen and oxygen atoms in total. The molecule has 6 heteroatoms. The van der Waals surface area contributed by atoms with E-state index < -0.39 is 23.0 Å². The average molecular weight is 272 g/mol. The highest BCUT2D eigenvalue weighted by Gasteiger charge is 2.34. The molecular weight excluding hydrogens is 257 g/mol. The van der Waals surface area contributed by atoms with Crippen LogP contribution in [0.3, 0.4) is 0 Å². The van der Waals surface area contributed by atoms with E-state index in [9.17, 15) is 18.0 Å². The van der Waals surface area contributed by atoms with Crippen molar-refractivity contribution in [1.82, 2.24) is 5.32 Å². The van der Waals surface area contributed by atoms with Gasteiger partial charge in [0.15, 0.2) is 17.5 Å². The number of benzene rings is 1. The van der Waals surface area contributed by atoms with Crippen molar-refractivity contribution in [2.45, 2.75) is 31.7 Å². The number of anilines is 1. The second-order valence-electron chi connectivity index (χ2n) is 4.92. The summed E-state index contributed by atoms with van der Waals surface area (Å²) in [4.78, 5) is 12.1. The lowest BCUT2D eigenvalue weighted by molar-refractivity contribution is -0.122. The van der Waals surface area contributed by atoms with Crippen LogP contribution in [0.4, 0.5) is 18.9 Å². The van der Waals surface area contributed by atoms with Crippen LogP contribution in [0.1, 0.15) is 26.2 Å². The third-order valence-electron chi connectivity index (χ3n) is 3.36. The van der Waals surface area contributed by atoms with E-state index in [1.165, 1.54) is 0 Å². The zero-order chi connectivity index (χ0) is 14.0. The number of halogens is 3. The van der Waals surface area contributed by atoms with Gasteiger partial charge in [0.05, 0.1) is 5.54 Å². The molecule has 19 heavy (non-hydrogen) atoms. The predicted octanol–water partition coefficient (Wildman–Crippen LogP) is 2.57. The molecule has 1 aliphatic heterocycles. The summed E-state index contributed by atoms with van der Waals surface area (Å²) in [5.41, 5.74) is -0.852. The van der Waals surface area contributed by atoms with Gasteiger partial charge in [-0.25, -0.2) is 13.2 Å². The minimum Gasteiger partial charge on any atom is -0.324 e. The van der Waals surface area contributed by atoms with Gasteiger partial charge in [0.25, 0.3) is 0 Å². The second-order valence-corrected chi connectivity index (χ2v) is 4.92. The zero-order valence-electron chi connectivity index (χ0n) is 10.5. The van der Waals surface area contributed by atoms with Gasteiger partial charge in [0, 0.05) is 17.8 Å². The highest BCUT2D eigenvalue weighted by molar-refractivity contribution is 5.97. The van der Waals surface area contributed by atoms with E-state index in [-0.39, 0.29) is 11.6 Å². The minimum absolute atomic E-state index is 0.0880. The van der Waals surface area contributed by atoms with Crippen molar-refractivity contribution in [1.29, 1.82) is 0 Å². The third-order valence-corrected chi connectivity index (χ3v) is 3.36. The Balaban J connectivity index is 2.14. The fourth-order valence-electron chi connectivity index (χ4n) is 2.15. The number of piperidine rings is 1. The van der Waals surface area contributed by atoms with E-state index in [2.05, 4.69) is 10.6 Å². The molecule has 1 saturated heterocycles. The number of amides is 1. The molecule has 0 bridgehead atoms. The van der Waals surface area contributed by atoms with Crippen LogP contribution < -0.4 is 10.6 Å². The van der Waals surface area contributed by atoms with E-state index >= 15 is 0 Å². The zero-order valence-corrected chi connectivity index (χ0v) is 10.5. The van der Waals surface area contributed by atoms with E-state index in [4.69, 9.17) is 0 Å². The van der Waals surface area contributed by atoms with Crippen LogP contribution in [-0.4, -0.2) is 18.0 Å².